The molecule has 2 aliphatic heterocycles. The summed E-state index contributed by atoms with van der Waals surface area (Å²) in [6.45, 7) is 8.96. The van der Waals surface area contributed by atoms with Crippen molar-refractivity contribution in [2.24, 2.45) is 10.9 Å². The fourth-order valence-corrected chi connectivity index (χ4v) is 4.37. The van der Waals surface area contributed by atoms with Gasteiger partial charge >= 0.3 is 0 Å². The Kier molecular flexibility index (Phi) is 9.52. The summed E-state index contributed by atoms with van der Waals surface area (Å²) in [4.78, 5) is 21.4. The highest BCUT2D eigenvalue weighted by Gasteiger charge is 2.25. The number of aliphatic imine (C=N–C) groups is 1. The number of likely N-dealkylation sites (tertiary alicyclic amines) is 1. The van der Waals surface area contributed by atoms with Gasteiger partial charge in [-0.05, 0) is 50.7 Å². The molecule has 6 nitrogen and oxygen atoms in total. The van der Waals surface area contributed by atoms with Crippen molar-refractivity contribution < 1.29 is 4.79 Å². The number of piperidine rings is 1. The molecule has 1 fully saturated rings. The van der Waals surface area contributed by atoms with Crippen LogP contribution >= 0.6 is 24.0 Å². The highest BCUT2D eigenvalue weighted by atomic mass is 127. The second kappa shape index (κ2) is 11.6. The minimum atomic E-state index is 0. The zero-order valence-corrected chi connectivity index (χ0v) is 20.3. The first-order valence-corrected chi connectivity index (χ1v) is 10.7. The molecule has 0 bridgehead atoms. The average molecular weight is 513 g/mol. The first kappa shape index (κ1) is 23.8. The third-order valence-corrected chi connectivity index (χ3v) is 5.95. The molecule has 2 aliphatic rings. The van der Waals surface area contributed by atoms with Crippen LogP contribution in [0.4, 0.5) is 5.69 Å². The van der Waals surface area contributed by atoms with Crippen molar-refractivity contribution in [1.29, 1.82) is 0 Å². The number of guanidine groups is 1. The van der Waals surface area contributed by atoms with Gasteiger partial charge in [-0.15, -0.1) is 24.0 Å². The van der Waals surface area contributed by atoms with Crippen molar-refractivity contribution in [2.75, 3.05) is 44.7 Å². The quantitative estimate of drug-likeness (QED) is 0.349. The average Bonchev–Trinajstić information content (AvgIpc) is 3.03. The fourth-order valence-electron chi connectivity index (χ4n) is 4.37. The van der Waals surface area contributed by atoms with Crippen LogP contribution < -0.4 is 15.5 Å². The molecule has 2 N–H and O–H groups in total. The lowest BCUT2D eigenvalue weighted by Crippen LogP contribution is -2.46. The third kappa shape index (κ3) is 6.23. The molecule has 1 saturated heterocycles. The van der Waals surface area contributed by atoms with E-state index in [2.05, 4.69) is 58.5 Å². The maximum atomic E-state index is 11.6. The van der Waals surface area contributed by atoms with Crippen molar-refractivity contribution in [3.05, 3.63) is 29.8 Å². The van der Waals surface area contributed by atoms with Gasteiger partial charge in [-0.3, -0.25) is 9.79 Å². The van der Waals surface area contributed by atoms with E-state index in [4.69, 9.17) is 4.99 Å². The lowest BCUT2D eigenvalue weighted by Gasteiger charge is -2.34. The number of nitrogens with zero attached hydrogens (tertiary/aromatic N) is 3. The van der Waals surface area contributed by atoms with Crippen LogP contribution in [0.2, 0.25) is 0 Å². The number of rotatable bonds is 6. The lowest BCUT2D eigenvalue weighted by atomic mass is 9.93. The monoisotopic (exact) mass is 513 g/mol. The molecule has 1 unspecified atom stereocenters. The van der Waals surface area contributed by atoms with E-state index in [1.165, 1.54) is 11.3 Å². The largest absolute Gasteiger partial charge is 0.366 e. The summed E-state index contributed by atoms with van der Waals surface area (Å²) in [5.41, 5.74) is 2.81. The van der Waals surface area contributed by atoms with Crippen molar-refractivity contribution in [3.8, 4) is 0 Å². The van der Waals surface area contributed by atoms with Crippen LogP contribution in [0.25, 0.3) is 0 Å². The molecule has 7 heteroatoms. The second-order valence-corrected chi connectivity index (χ2v) is 7.92. The van der Waals surface area contributed by atoms with Crippen molar-refractivity contribution >= 4 is 41.5 Å². The number of halogens is 1. The maximum Gasteiger partial charge on any atom is 0.220 e. The Balaban J connectivity index is 0.00000300. The molecule has 1 aromatic carbocycles. The number of hydrogen-bond donors (Lipinski definition) is 2. The van der Waals surface area contributed by atoms with Gasteiger partial charge < -0.3 is 20.4 Å². The van der Waals surface area contributed by atoms with Gasteiger partial charge in [0.15, 0.2) is 5.96 Å². The van der Waals surface area contributed by atoms with E-state index in [-0.39, 0.29) is 29.9 Å². The minimum absolute atomic E-state index is 0. The van der Waals surface area contributed by atoms with Gasteiger partial charge in [-0.2, -0.15) is 0 Å². The van der Waals surface area contributed by atoms with Gasteiger partial charge in [0, 0.05) is 51.4 Å². The summed E-state index contributed by atoms with van der Waals surface area (Å²) in [7, 11) is 1.72. The topological polar surface area (TPSA) is 60.0 Å². The Bertz CT molecular complexity index is 688. The summed E-state index contributed by atoms with van der Waals surface area (Å²) in [5.74, 6) is 1.65. The van der Waals surface area contributed by atoms with Gasteiger partial charge in [0.2, 0.25) is 5.91 Å². The van der Waals surface area contributed by atoms with Crippen LogP contribution in [-0.4, -0.2) is 62.6 Å². The first-order valence-electron chi connectivity index (χ1n) is 10.7. The van der Waals surface area contributed by atoms with Gasteiger partial charge in [0.1, 0.15) is 0 Å². The fraction of sp³-hybridized carbons (Fsp3) is 0.636. The van der Waals surface area contributed by atoms with Crippen LogP contribution in [0.3, 0.4) is 0 Å². The lowest BCUT2D eigenvalue weighted by molar-refractivity contribution is -0.121. The van der Waals surface area contributed by atoms with Crippen molar-refractivity contribution in [3.63, 3.8) is 0 Å². The molecule has 3 rings (SSSR count). The number of anilines is 1. The van der Waals surface area contributed by atoms with Gasteiger partial charge in [-0.1, -0.05) is 18.2 Å². The van der Waals surface area contributed by atoms with E-state index in [1.54, 1.807) is 7.05 Å². The molecule has 0 aliphatic carbocycles. The Labute approximate surface area is 192 Å². The molecule has 1 amide bonds. The predicted octanol–water partition coefficient (Wildman–Crippen LogP) is 2.87. The Hall–Kier alpha value is -1.51. The molecule has 0 aromatic heterocycles. The number of carbonyl (C=O) groups excluding carboxylic acids is 1. The van der Waals surface area contributed by atoms with Gasteiger partial charge in [0.05, 0.1) is 6.54 Å². The Morgan fingerprint density at radius 2 is 1.97 bits per heavy atom. The van der Waals surface area contributed by atoms with Crippen molar-refractivity contribution in [2.45, 2.75) is 45.6 Å². The van der Waals surface area contributed by atoms with Gasteiger partial charge in [-0.25, -0.2) is 0 Å². The third-order valence-electron chi connectivity index (χ3n) is 5.95. The van der Waals surface area contributed by atoms with Gasteiger partial charge in [0.25, 0.3) is 0 Å². The summed E-state index contributed by atoms with van der Waals surface area (Å²) < 4.78 is 0. The summed E-state index contributed by atoms with van der Waals surface area (Å²) in [6.07, 6.45) is 3.87. The smallest absolute Gasteiger partial charge is 0.220 e. The standard InChI is InChI=1S/C22H35N5O.HI/c1-4-24-22(26-12-9-18(10-13-26)16-21(28)23-3)25-11-14-27-17(2)15-19-7-5-6-8-20(19)27;/h5-8,17-18H,4,9-16H2,1-3H3,(H,23,28)(H,24,25);1H. The number of benzene rings is 1. The van der Waals surface area contributed by atoms with Crippen molar-refractivity contribution in [1.82, 2.24) is 15.5 Å². The highest BCUT2D eigenvalue weighted by molar-refractivity contribution is 14.0. The van der Waals surface area contributed by atoms with E-state index in [9.17, 15) is 4.79 Å². The van der Waals surface area contributed by atoms with Crippen LogP contribution in [-0.2, 0) is 11.2 Å². The number of fused-ring (bicyclic) bond motifs is 1. The minimum Gasteiger partial charge on any atom is -0.366 e. The summed E-state index contributed by atoms with van der Waals surface area (Å²) >= 11 is 0. The van der Waals surface area contributed by atoms with E-state index >= 15 is 0 Å². The molecule has 2 heterocycles. The summed E-state index contributed by atoms with van der Waals surface area (Å²) in [6, 6.07) is 9.26. The van der Waals surface area contributed by atoms with E-state index < -0.39 is 0 Å². The molecule has 1 atom stereocenters. The second-order valence-electron chi connectivity index (χ2n) is 7.92. The molecule has 0 saturated carbocycles. The first-order chi connectivity index (χ1) is 13.6. The van der Waals surface area contributed by atoms with E-state index in [0.29, 0.717) is 18.4 Å². The maximum absolute atomic E-state index is 11.6. The number of hydrogen-bond acceptors (Lipinski definition) is 3. The Morgan fingerprint density at radius 1 is 1.24 bits per heavy atom. The molecular formula is C22H36IN5O. The molecular weight excluding hydrogens is 477 g/mol. The molecule has 0 radical (unpaired) electrons. The molecule has 1 aromatic rings. The SMILES string of the molecule is CCNC(=NCCN1c2ccccc2CC1C)N1CCC(CC(=O)NC)CC1.I. The number of amides is 1. The summed E-state index contributed by atoms with van der Waals surface area (Å²) in [5, 5.41) is 6.19. The number of para-hydroxylation sites is 1. The zero-order chi connectivity index (χ0) is 19.9. The normalized spacial score (nSPS) is 19.6. The highest BCUT2D eigenvalue weighted by Crippen LogP contribution is 2.31. The predicted molar refractivity (Wildman–Crippen MR) is 131 cm³/mol. The molecule has 162 valence electrons. The molecule has 29 heavy (non-hydrogen) atoms. The molecule has 0 spiro atoms. The Morgan fingerprint density at radius 3 is 2.66 bits per heavy atom. The van der Waals surface area contributed by atoms with Crippen LogP contribution in [0.15, 0.2) is 29.3 Å². The number of nitrogens with one attached hydrogen (secondary N) is 2. The van der Waals surface area contributed by atoms with Crippen LogP contribution in [0, 0.1) is 5.92 Å². The van der Waals surface area contributed by atoms with E-state index in [1.807, 2.05) is 0 Å². The number of carbonyl (C=O) groups is 1. The zero-order valence-electron chi connectivity index (χ0n) is 18.0. The van der Waals surface area contributed by atoms with Crippen LogP contribution in [0.5, 0.6) is 0 Å². The van der Waals surface area contributed by atoms with Crippen LogP contribution in [0.1, 0.15) is 38.7 Å². The van der Waals surface area contributed by atoms with E-state index in [0.717, 1.165) is 57.9 Å².